The minimum Gasteiger partial charge on any atom is -0.344 e. The third-order valence-electron chi connectivity index (χ3n) is 4.13. The van der Waals surface area contributed by atoms with Gasteiger partial charge in [0.25, 0.3) is 0 Å². The molecule has 2 rings (SSSR count). The molecule has 1 aromatic heterocycles. The number of aryl methyl sites for hydroxylation is 1. The topological polar surface area (TPSA) is 33.1 Å². The van der Waals surface area contributed by atoms with Gasteiger partial charge in [-0.2, -0.15) is 0 Å². The van der Waals surface area contributed by atoms with Gasteiger partial charge in [-0.25, -0.2) is 4.98 Å². The molecule has 108 valence electrons. The average molecular weight is 264 g/mol. The largest absolute Gasteiger partial charge is 0.344 e. The number of nitrogens with one attached hydrogen (secondary N) is 1. The fourth-order valence-electron chi connectivity index (χ4n) is 2.89. The first-order valence-electron chi connectivity index (χ1n) is 7.69. The van der Waals surface area contributed by atoms with Crippen molar-refractivity contribution < 1.29 is 0 Å². The summed E-state index contributed by atoms with van der Waals surface area (Å²) >= 11 is 0. The van der Waals surface area contributed by atoms with E-state index in [1.807, 2.05) is 7.05 Å². The Hall–Kier alpha value is -1.03. The second kappa shape index (κ2) is 6.94. The molecule has 1 fully saturated rings. The second-order valence-electron chi connectivity index (χ2n) is 5.61. The predicted octanol–water partition coefficient (Wildman–Crippen LogP) is 2.61. The molecule has 1 aromatic rings. The van der Waals surface area contributed by atoms with E-state index in [4.69, 9.17) is 4.98 Å². The summed E-state index contributed by atoms with van der Waals surface area (Å²) in [6, 6.07) is 0.661. The van der Waals surface area contributed by atoms with Crippen LogP contribution in [-0.4, -0.2) is 36.7 Å². The molecule has 1 aliphatic rings. The SMILES string of the molecule is CCc1cn(C2CCCCC2)c(N(C)CCNC)n1. The second-order valence-corrected chi connectivity index (χ2v) is 5.61. The molecule has 1 aliphatic carbocycles. The van der Waals surface area contributed by atoms with Gasteiger partial charge in [0, 0.05) is 32.4 Å². The van der Waals surface area contributed by atoms with Gasteiger partial charge in [0.15, 0.2) is 0 Å². The van der Waals surface area contributed by atoms with Gasteiger partial charge in [-0.15, -0.1) is 0 Å². The Kier molecular flexibility index (Phi) is 5.25. The lowest BCUT2D eigenvalue weighted by molar-refractivity contribution is 0.353. The van der Waals surface area contributed by atoms with Gasteiger partial charge < -0.3 is 14.8 Å². The lowest BCUT2D eigenvalue weighted by Crippen LogP contribution is -2.30. The number of hydrogen-bond acceptors (Lipinski definition) is 3. The van der Waals surface area contributed by atoms with E-state index in [9.17, 15) is 0 Å². The number of anilines is 1. The summed E-state index contributed by atoms with van der Waals surface area (Å²) in [6.45, 7) is 4.18. The highest BCUT2D eigenvalue weighted by atomic mass is 15.3. The van der Waals surface area contributed by atoms with E-state index in [1.54, 1.807) is 0 Å². The van der Waals surface area contributed by atoms with Gasteiger partial charge >= 0.3 is 0 Å². The van der Waals surface area contributed by atoms with E-state index in [-0.39, 0.29) is 0 Å². The van der Waals surface area contributed by atoms with E-state index in [0.717, 1.165) is 25.5 Å². The van der Waals surface area contributed by atoms with Crippen molar-refractivity contribution in [3.05, 3.63) is 11.9 Å². The van der Waals surface area contributed by atoms with E-state index >= 15 is 0 Å². The van der Waals surface area contributed by atoms with Gasteiger partial charge in [-0.1, -0.05) is 26.2 Å². The summed E-state index contributed by atoms with van der Waals surface area (Å²) < 4.78 is 2.44. The Balaban J connectivity index is 2.17. The maximum atomic E-state index is 4.82. The zero-order valence-electron chi connectivity index (χ0n) is 12.7. The lowest BCUT2D eigenvalue weighted by Gasteiger charge is -2.27. The molecule has 1 N–H and O–H groups in total. The van der Waals surface area contributed by atoms with Crippen LogP contribution in [0, 0.1) is 0 Å². The highest BCUT2D eigenvalue weighted by Crippen LogP contribution is 2.31. The first kappa shape index (κ1) is 14.4. The average Bonchev–Trinajstić information content (AvgIpc) is 2.90. The van der Waals surface area contributed by atoms with Crippen LogP contribution >= 0.6 is 0 Å². The minimum atomic E-state index is 0.661. The maximum absolute atomic E-state index is 4.82. The van der Waals surface area contributed by atoms with Crippen molar-refractivity contribution in [2.75, 3.05) is 32.1 Å². The number of hydrogen-bond donors (Lipinski definition) is 1. The molecule has 0 spiro atoms. The van der Waals surface area contributed by atoms with E-state index < -0.39 is 0 Å². The Bertz CT molecular complexity index is 379. The molecule has 0 unspecified atom stereocenters. The lowest BCUT2D eigenvalue weighted by atomic mass is 9.95. The maximum Gasteiger partial charge on any atom is 0.205 e. The molecule has 0 atom stereocenters. The van der Waals surface area contributed by atoms with Crippen LogP contribution in [0.15, 0.2) is 6.20 Å². The normalized spacial score (nSPS) is 16.8. The standard InChI is InChI=1S/C15H28N4/c1-4-13-12-19(14-8-6-5-7-9-14)15(17-13)18(3)11-10-16-2/h12,14,16H,4-11H2,1-3H3. The molecule has 4 heteroatoms. The Morgan fingerprint density at radius 3 is 2.74 bits per heavy atom. The van der Waals surface area contributed by atoms with Crippen LogP contribution in [0.4, 0.5) is 5.95 Å². The summed E-state index contributed by atoms with van der Waals surface area (Å²) in [5, 5.41) is 3.21. The van der Waals surface area contributed by atoms with Crippen molar-refractivity contribution in [2.24, 2.45) is 0 Å². The quantitative estimate of drug-likeness (QED) is 0.857. The summed E-state index contributed by atoms with van der Waals surface area (Å²) in [6.07, 6.45) is 10.1. The van der Waals surface area contributed by atoms with Crippen molar-refractivity contribution in [3.8, 4) is 0 Å². The number of nitrogens with zero attached hydrogens (tertiary/aromatic N) is 3. The fraction of sp³-hybridized carbons (Fsp3) is 0.800. The Morgan fingerprint density at radius 1 is 1.37 bits per heavy atom. The van der Waals surface area contributed by atoms with Crippen molar-refractivity contribution >= 4 is 5.95 Å². The number of likely N-dealkylation sites (N-methyl/N-ethyl adjacent to an activating group) is 2. The third kappa shape index (κ3) is 3.50. The van der Waals surface area contributed by atoms with Crippen LogP contribution in [0.3, 0.4) is 0 Å². The molecule has 1 heterocycles. The zero-order chi connectivity index (χ0) is 13.7. The van der Waals surface area contributed by atoms with Crippen LogP contribution in [0.5, 0.6) is 0 Å². The molecule has 0 bridgehead atoms. The monoisotopic (exact) mass is 264 g/mol. The molecular formula is C15H28N4. The Morgan fingerprint density at radius 2 is 2.11 bits per heavy atom. The van der Waals surface area contributed by atoms with E-state index in [0.29, 0.717) is 6.04 Å². The molecule has 1 saturated carbocycles. The fourth-order valence-corrected chi connectivity index (χ4v) is 2.89. The molecule has 4 nitrogen and oxygen atoms in total. The summed E-state index contributed by atoms with van der Waals surface area (Å²) in [5.41, 5.74) is 1.22. The summed E-state index contributed by atoms with van der Waals surface area (Å²) in [4.78, 5) is 7.10. The molecule has 0 radical (unpaired) electrons. The minimum absolute atomic E-state index is 0.661. The van der Waals surface area contributed by atoms with Crippen LogP contribution in [-0.2, 0) is 6.42 Å². The first-order chi connectivity index (χ1) is 9.26. The number of rotatable bonds is 6. The predicted molar refractivity (Wildman–Crippen MR) is 80.9 cm³/mol. The summed E-state index contributed by atoms with van der Waals surface area (Å²) in [5.74, 6) is 1.15. The third-order valence-corrected chi connectivity index (χ3v) is 4.13. The smallest absolute Gasteiger partial charge is 0.205 e. The van der Waals surface area contributed by atoms with Crippen molar-refractivity contribution in [1.29, 1.82) is 0 Å². The van der Waals surface area contributed by atoms with Crippen LogP contribution in [0.1, 0.15) is 50.8 Å². The molecule has 0 aromatic carbocycles. The summed E-state index contributed by atoms with van der Waals surface area (Å²) in [7, 11) is 4.15. The number of imidazole rings is 1. The zero-order valence-corrected chi connectivity index (χ0v) is 12.7. The molecule has 0 amide bonds. The van der Waals surface area contributed by atoms with Crippen LogP contribution in [0.2, 0.25) is 0 Å². The van der Waals surface area contributed by atoms with Crippen molar-refractivity contribution in [2.45, 2.75) is 51.5 Å². The highest BCUT2D eigenvalue weighted by molar-refractivity contribution is 5.33. The highest BCUT2D eigenvalue weighted by Gasteiger charge is 2.20. The van der Waals surface area contributed by atoms with Crippen LogP contribution < -0.4 is 10.2 Å². The van der Waals surface area contributed by atoms with Gasteiger partial charge in [0.2, 0.25) is 5.95 Å². The first-order valence-corrected chi connectivity index (χ1v) is 7.69. The van der Waals surface area contributed by atoms with Crippen molar-refractivity contribution in [3.63, 3.8) is 0 Å². The molecule has 19 heavy (non-hydrogen) atoms. The Labute approximate surface area is 117 Å². The molecule has 0 saturated heterocycles. The van der Waals surface area contributed by atoms with Gasteiger partial charge in [-0.05, 0) is 26.3 Å². The van der Waals surface area contributed by atoms with E-state index in [2.05, 4.69) is 35.0 Å². The van der Waals surface area contributed by atoms with Gasteiger partial charge in [-0.3, -0.25) is 0 Å². The molecule has 0 aliphatic heterocycles. The van der Waals surface area contributed by atoms with Gasteiger partial charge in [0.1, 0.15) is 0 Å². The van der Waals surface area contributed by atoms with Gasteiger partial charge in [0.05, 0.1) is 5.69 Å². The van der Waals surface area contributed by atoms with Crippen LogP contribution in [0.25, 0.3) is 0 Å². The van der Waals surface area contributed by atoms with E-state index in [1.165, 1.54) is 37.8 Å². The molecular weight excluding hydrogens is 236 g/mol. The van der Waals surface area contributed by atoms with Crippen molar-refractivity contribution in [1.82, 2.24) is 14.9 Å². The number of aromatic nitrogens is 2.